The minimum absolute atomic E-state index is 0.275. The quantitative estimate of drug-likeness (QED) is 0.746. The summed E-state index contributed by atoms with van der Waals surface area (Å²) in [5.41, 5.74) is 3.03. The van der Waals surface area contributed by atoms with Crippen molar-refractivity contribution in [2.24, 2.45) is 0 Å². The molecule has 90 valence electrons. The van der Waals surface area contributed by atoms with E-state index in [2.05, 4.69) is 10.2 Å². The number of nitrogens with zero attached hydrogens (tertiary/aromatic N) is 3. The van der Waals surface area contributed by atoms with Crippen molar-refractivity contribution >= 4 is 5.65 Å². The van der Waals surface area contributed by atoms with E-state index in [4.69, 9.17) is 0 Å². The number of rotatable bonds is 2. The lowest BCUT2D eigenvalue weighted by atomic mass is 10.1. The van der Waals surface area contributed by atoms with Gasteiger partial charge in [0.1, 0.15) is 11.6 Å². The van der Waals surface area contributed by atoms with Gasteiger partial charge in [-0.05, 0) is 36.2 Å². The lowest BCUT2D eigenvalue weighted by Gasteiger charge is -2.02. The van der Waals surface area contributed by atoms with Crippen molar-refractivity contribution in [1.82, 2.24) is 14.6 Å². The van der Waals surface area contributed by atoms with E-state index in [9.17, 15) is 5.11 Å². The van der Waals surface area contributed by atoms with Crippen LogP contribution in [0.2, 0.25) is 0 Å². The average Bonchev–Trinajstić information content (AvgIpc) is 2.72. The van der Waals surface area contributed by atoms with Crippen LogP contribution in [0.5, 0.6) is 5.75 Å². The summed E-state index contributed by atoms with van der Waals surface area (Å²) in [7, 11) is 0. The maximum absolute atomic E-state index is 9.46. The van der Waals surface area contributed by atoms with E-state index in [1.165, 1.54) is 5.56 Å². The summed E-state index contributed by atoms with van der Waals surface area (Å²) < 4.78 is 1.99. The SMILES string of the molecule is Cc1ccc2nnc(Cc3cccc(O)c3)n2c1. The molecule has 0 aliphatic carbocycles. The van der Waals surface area contributed by atoms with Gasteiger partial charge in [-0.25, -0.2) is 0 Å². The van der Waals surface area contributed by atoms with E-state index < -0.39 is 0 Å². The molecule has 2 heterocycles. The van der Waals surface area contributed by atoms with Gasteiger partial charge in [0.25, 0.3) is 0 Å². The molecular weight excluding hydrogens is 226 g/mol. The molecule has 0 saturated heterocycles. The Morgan fingerprint density at radius 3 is 2.89 bits per heavy atom. The Labute approximate surface area is 105 Å². The van der Waals surface area contributed by atoms with E-state index in [1.54, 1.807) is 12.1 Å². The lowest BCUT2D eigenvalue weighted by Crippen LogP contribution is -1.96. The van der Waals surface area contributed by atoms with Gasteiger partial charge in [-0.2, -0.15) is 0 Å². The minimum atomic E-state index is 0.275. The lowest BCUT2D eigenvalue weighted by molar-refractivity contribution is 0.474. The molecule has 1 aromatic carbocycles. The molecule has 0 aliphatic heterocycles. The first kappa shape index (κ1) is 10.8. The number of benzene rings is 1. The van der Waals surface area contributed by atoms with Crippen molar-refractivity contribution in [2.45, 2.75) is 13.3 Å². The average molecular weight is 239 g/mol. The number of pyridine rings is 1. The number of phenols is 1. The van der Waals surface area contributed by atoms with Crippen molar-refractivity contribution < 1.29 is 5.11 Å². The summed E-state index contributed by atoms with van der Waals surface area (Å²) in [6.07, 6.45) is 2.67. The molecule has 3 aromatic rings. The first-order valence-corrected chi connectivity index (χ1v) is 5.80. The van der Waals surface area contributed by atoms with Crippen LogP contribution in [0.25, 0.3) is 5.65 Å². The highest BCUT2D eigenvalue weighted by Gasteiger charge is 2.06. The van der Waals surface area contributed by atoms with Crippen molar-refractivity contribution in [3.63, 3.8) is 0 Å². The van der Waals surface area contributed by atoms with Gasteiger partial charge < -0.3 is 5.11 Å². The fraction of sp³-hybridized carbons (Fsp3) is 0.143. The zero-order valence-corrected chi connectivity index (χ0v) is 10.0. The summed E-state index contributed by atoms with van der Waals surface area (Å²) in [6, 6.07) is 11.2. The molecule has 0 spiro atoms. The van der Waals surface area contributed by atoms with Crippen LogP contribution in [-0.4, -0.2) is 19.7 Å². The third-order valence-corrected chi connectivity index (χ3v) is 2.89. The number of hydrogen-bond donors (Lipinski definition) is 1. The molecule has 1 N–H and O–H groups in total. The summed E-state index contributed by atoms with van der Waals surface area (Å²) >= 11 is 0. The van der Waals surface area contributed by atoms with E-state index >= 15 is 0 Å². The van der Waals surface area contributed by atoms with Crippen LogP contribution in [-0.2, 0) is 6.42 Å². The van der Waals surface area contributed by atoms with Crippen molar-refractivity contribution in [2.75, 3.05) is 0 Å². The highest BCUT2D eigenvalue weighted by molar-refractivity contribution is 5.40. The van der Waals surface area contributed by atoms with Crippen LogP contribution < -0.4 is 0 Å². The Hall–Kier alpha value is -2.36. The standard InChI is InChI=1S/C14H13N3O/c1-10-5-6-13-15-16-14(17(13)9-10)8-11-3-2-4-12(18)7-11/h2-7,9,18H,8H2,1H3. The largest absolute Gasteiger partial charge is 0.508 e. The molecule has 0 atom stereocenters. The second-order valence-corrected chi connectivity index (χ2v) is 4.40. The smallest absolute Gasteiger partial charge is 0.160 e. The second kappa shape index (κ2) is 4.14. The number of aromatic nitrogens is 3. The monoisotopic (exact) mass is 239 g/mol. The molecule has 0 fully saturated rings. The first-order chi connectivity index (χ1) is 8.72. The summed E-state index contributed by atoms with van der Waals surface area (Å²) in [5, 5.41) is 17.8. The Kier molecular flexibility index (Phi) is 2.48. The van der Waals surface area contributed by atoms with Crippen LogP contribution in [0.15, 0.2) is 42.6 Å². The van der Waals surface area contributed by atoms with Crippen molar-refractivity contribution in [1.29, 1.82) is 0 Å². The van der Waals surface area contributed by atoms with Gasteiger partial charge in [-0.1, -0.05) is 18.2 Å². The summed E-state index contributed by atoms with van der Waals surface area (Å²) in [4.78, 5) is 0. The zero-order valence-electron chi connectivity index (χ0n) is 10.0. The highest BCUT2D eigenvalue weighted by atomic mass is 16.3. The molecule has 3 rings (SSSR count). The molecule has 2 aromatic heterocycles. The van der Waals surface area contributed by atoms with Gasteiger partial charge in [0.2, 0.25) is 0 Å². The summed E-state index contributed by atoms with van der Waals surface area (Å²) in [6.45, 7) is 2.04. The fourth-order valence-electron chi connectivity index (χ4n) is 2.01. The first-order valence-electron chi connectivity index (χ1n) is 5.80. The number of hydrogen-bond acceptors (Lipinski definition) is 3. The van der Waals surface area contributed by atoms with E-state index in [0.29, 0.717) is 6.42 Å². The number of aromatic hydroxyl groups is 1. The molecule has 0 amide bonds. The normalized spacial score (nSPS) is 10.9. The Balaban J connectivity index is 2.02. The van der Waals surface area contributed by atoms with Crippen LogP contribution in [0.3, 0.4) is 0 Å². The van der Waals surface area contributed by atoms with Gasteiger partial charge in [-0.3, -0.25) is 4.40 Å². The fourth-order valence-corrected chi connectivity index (χ4v) is 2.01. The van der Waals surface area contributed by atoms with Crippen LogP contribution in [0.1, 0.15) is 17.0 Å². The van der Waals surface area contributed by atoms with Gasteiger partial charge in [0, 0.05) is 12.6 Å². The topological polar surface area (TPSA) is 50.4 Å². The van der Waals surface area contributed by atoms with E-state index in [-0.39, 0.29) is 5.75 Å². The third kappa shape index (κ3) is 1.93. The summed E-state index contributed by atoms with van der Waals surface area (Å²) in [5.74, 6) is 1.15. The number of aryl methyl sites for hydroxylation is 1. The van der Waals surface area contributed by atoms with Crippen molar-refractivity contribution in [3.05, 3.63) is 59.5 Å². The second-order valence-electron chi connectivity index (χ2n) is 4.40. The van der Waals surface area contributed by atoms with Crippen LogP contribution in [0, 0.1) is 6.92 Å². The van der Waals surface area contributed by atoms with E-state index in [1.807, 2.05) is 41.8 Å². The third-order valence-electron chi connectivity index (χ3n) is 2.89. The van der Waals surface area contributed by atoms with Gasteiger partial charge in [0.05, 0.1) is 0 Å². The molecular formula is C14H13N3O. The van der Waals surface area contributed by atoms with Gasteiger partial charge in [-0.15, -0.1) is 10.2 Å². The minimum Gasteiger partial charge on any atom is -0.508 e. The number of phenolic OH excluding ortho intramolecular Hbond substituents is 1. The molecule has 0 saturated carbocycles. The molecule has 4 nitrogen and oxygen atoms in total. The molecule has 0 radical (unpaired) electrons. The number of fused-ring (bicyclic) bond motifs is 1. The Morgan fingerprint density at radius 2 is 2.06 bits per heavy atom. The molecule has 0 unspecified atom stereocenters. The highest BCUT2D eigenvalue weighted by Crippen LogP contribution is 2.15. The predicted octanol–water partition coefficient (Wildman–Crippen LogP) is 2.33. The van der Waals surface area contributed by atoms with Gasteiger partial charge >= 0.3 is 0 Å². The zero-order chi connectivity index (χ0) is 12.5. The Morgan fingerprint density at radius 1 is 1.17 bits per heavy atom. The van der Waals surface area contributed by atoms with Crippen LogP contribution >= 0.6 is 0 Å². The maximum atomic E-state index is 9.46. The molecule has 18 heavy (non-hydrogen) atoms. The van der Waals surface area contributed by atoms with Crippen molar-refractivity contribution in [3.8, 4) is 5.75 Å². The molecule has 0 aliphatic rings. The Bertz CT molecular complexity index is 703. The maximum Gasteiger partial charge on any atom is 0.160 e. The van der Waals surface area contributed by atoms with Gasteiger partial charge in [0.15, 0.2) is 5.65 Å². The van der Waals surface area contributed by atoms with E-state index in [0.717, 1.165) is 17.0 Å². The predicted molar refractivity (Wildman–Crippen MR) is 68.6 cm³/mol. The molecule has 4 heteroatoms. The van der Waals surface area contributed by atoms with Crippen LogP contribution in [0.4, 0.5) is 0 Å². The molecule has 0 bridgehead atoms.